The minimum atomic E-state index is -0.146. The van der Waals surface area contributed by atoms with Crippen molar-refractivity contribution in [2.75, 3.05) is 11.9 Å². The van der Waals surface area contributed by atoms with E-state index in [0.29, 0.717) is 18.3 Å². The first-order valence-electron chi connectivity index (χ1n) is 7.03. The van der Waals surface area contributed by atoms with Gasteiger partial charge < -0.3 is 10.2 Å². The Morgan fingerprint density at radius 3 is 2.42 bits per heavy atom. The van der Waals surface area contributed by atoms with E-state index in [1.165, 1.54) is 0 Å². The van der Waals surface area contributed by atoms with Gasteiger partial charge >= 0.3 is 0 Å². The normalized spacial score (nSPS) is 12.0. The highest BCUT2D eigenvalue weighted by Crippen LogP contribution is 2.27. The van der Waals surface area contributed by atoms with E-state index in [-0.39, 0.29) is 11.4 Å². The number of rotatable bonds is 6. The minimum absolute atomic E-state index is 0.0431. The van der Waals surface area contributed by atoms with Crippen molar-refractivity contribution < 1.29 is 4.39 Å². The first-order valence-corrected chi connectivity index (χ1v) is 7.03. The molecule has 0 bridgehead atoms. The predicted molar refractivity (Wildman–Crippen MR) is 81.1 cm³/mol. The molecule has 0 aliphatic rings. The van der Waals surface area contributed by atoms with Crippen molar-refractivity contribution >= 4 is 5.69 Å². The van der Waals surface area contributed by atoms with Crippen LogP contribution in [0.15, 0.2) is 18.2 Å². The van der Waals surface area contributed by atoms with Gasteiger partial charge in [-0.3, -0.25) is 0 Å². The molecular formula is C16H27FN2. The van der Waals surface area contributed by atoms with E-state index in [4.69, 9.17) is 0 Å². The molecule has 19 heavy (non-hydrogen) atoms. The molecule has 1 aromatic carbocycles. The van der Waals surface area contributed by atoms with Crippen LogP contribution < -0.4 is 10.2 Å². The summed E-state index contributed by atoms with van der Waals surface area (Å²) in [5.41, 5.74) is 1.61. The van der Waals surface area contributed by atoms with Gasteiger partial charge in [0, 0.05) is 25.2 Å². The topological polar surface area (TPSA) is 15.3 Å². The van der Waals surface area contributed by atoms with Crippen molar-refractivity contribution in [3.63, 3.8) is 0 Å². The lowest BCUT2D eigenvalue weighted by molar-refractivity contribution is 0.462. The second-order valence-corrected chi connectivity index (χ2v) is 6.05. The third-order valence-electron chi connectivity index (χ3n) is 3.86. The zero-order valence-corrected chi connectivity index (χ0v) is 13.0. The second kappa shape index (κ2) is 6.38. The minimum Gasteiger partial charge on any atom is -0.367 e. The lowest BCUT2D eigenvalue weighted by atomic mass is 9.99. The smallest absolute Gasteiger partial charge is 0.146 e. The molecule has 108 valence electrons. The van der Waals surface area contributed by atoms with E-state index < -0.39 is 0 Å². The highest BCUT2D eigenvalue weighted by Gasteiger charge is 2.23. The maximum atomic E-state index is 14.2. The number of halogens is 1. The summed E-state index contributed by atoms with van der Waals surface area (Å²) in [7, 11) is 1.95. The molecule has 0 radical (unpaired) electrons. The summed E-state index contributed by atoms with van der Waals surface area (Å²) in [6.45, 7) is 11.2. The Morgan fingerprint density at radius 2 is 1.95 bits per heavy atom. The van der Waals surface area contributed by atoms with Gasteiger partial charge in [-0.25, -0.2) is 4.39 Å². The van der Waals surface area contributed by atoms with Crippen LogP contribution in [-0.4, -0.2) is 18.6 Å². The molecular weight excluding hydrogens is 239 g/mol. The molecule has 0 aliphatic carbocycles. The molecule has 0 atom stereocenters. The average molecular weight is 266 g/mol. The molecule has 0 spiro atoms. The summed E-state index contributed by atoms with van der Waals surface area (Å²) in [5.74, 6) is -0.146. The van der Waals surface area contributed by atoms with Crippen LogP contribution in [0.3, 0.4) is 0 Å². The van der Waals surface area contributed by atoms with Crippen molar-refractivity contribution in [1.82, 2.24) is 5.32 Å². The molecule has 3 heteroatoms. The Bertz CT molecular complexity index is 413. The lowest BCUT2D eigenvalue weighted by Gasteiger charge is -2.37. The fourth-order valence-electron chi connectivity index (χ4n) is 1.82. The summed E-state index contributed by atoms with van der Waals surface area (Å²) in [5, 5.41) is 3.30. The predicted octanol–water partition coefficient (Wildman–Crippen LogP) is 3.95. The Morgan fingerprint density at radius 1 is 1.32 bits per heavy atom. The number of anilines is 1. The number of hydrogen-bond acceptors (Lipinski definition) is 2. The van der Waals surface area contributed by atoms with E-state index in [2.05, 4.69) is 39.9 Å². The third-order valence-corrected chi connectivity index (χ3v) is 3.86. The molecule has 1 rings (SSSR count). The van der Waals surface area contributed by atoms with Gasteiger partial charge in [-0.05, 0) is 38.0 Å². The number of benzene rings is 1. The van der Waals surface area contributed by atoms with E-state index >= 15 is 0 Å². The largest absolute Gasteiger partial charge is 0.367 e. The SMILES string of the molecule is CCC(C)(C)N(C)c1ccc(CNC(C)C)cc1F. The van der Waals surface area contributed by atoms with Crippen molar-refractivity contribution in [3.05, 3.63) is 29.6 Å². The molecule has 0 heterocycles. The summed E-state index contributed by atoms with van der Waals surface area (Å²) in [6.07, 6.45) is 0.972. The van der Waals surface area contributed by atoms with Crippen LogP contribution in [0.25, 0.3) is 0 Å². The quantitative estimate of drug-likeness (QED) is 0.838. The summed E-state index contributed by atoms with van der Waals surface area (Å²) in [4.78, 5) is 2.02. The highest BCUT2D eigenvalue weighted by molar-refractivity contribution is 5.50. The molecule has 2 nitrogen and oxygen atoms in total. The van der Waals surface area contributed by atoms with Crippen molar-refractivity contribution in [2.45, 2.75) is 59.2 Å². The summed E-state index contributed by atoms with van der Waals surface area (Å²) in [6, 6.07) is 5.91. The Hall–Kier alpha value is -1.09. The maximum Gasteiger partial charge on any atom is 0.146 e. The zero-order valence-electron chi connectivity index (χ0n) is 13.0. The van der Waals surface area contributed by atoms with Gasteiger partial charge in [-0.2, -0.15) is 0 Å². The molecule has 0 aromatic heterocycles. The average Bonchev–Trinajstić information content (AvgIpc) is 2.35. The summed E-state index contributed by atoms with van der Waals surface area (Å²) < 4.78 is 14.2. The van der Waals surface area contributed by atoms with Crippen LogP contribution >= 0.6 is 0 Å². The van der Waals surface area contributed by atoms with Crippen molar-refractivity contribution in [3.8, 4) is 0 Å². The van der Waals surface area contributed by atoms with E-state index in [9.17, 15) is 4.39 Å². The van der Waals surface area contributed by atoms with Gasteiger partial charge in [0.2, 0.25) is 0 Å². The fraction of sp³-hybridized carbons (Fsp3) is 0.625. The van der Waals surface area contributed by atoms with Crippen LogP contribution in [0.1, 0.15) is 46.6 Å². The molecule has 0 saturated heterocycles. The lowest BCUT2D eigenvalue weighted by Crippen LogP contribution is -2.41. The fourth-order valence-corrected chi connectivity index (χ4v) is 1.82. The van der Waals surface area contributed by atoms with Crippen molar-refractivity contribution in [2.24, 2.45) is 0 Å². The van der Waals surface area contributed by atoms with E-state index in [1.54, 1.807) is 6.07 Å². The van der Waals surface area contributed by atoms with E-state index in [1.807, 2.05) is 24.1 Å². The van der Waals surface area contributed by atoms with Gasteiger partial charge in [-0.15, -0.1) is 0 Å². The monoisotopic (exact) mass is 266 g/mol. The first-order chi connectivity index (χ1) is 8.77. The van der Waals surface area contributed by atoms with E-state index in [0.717, 1.165) is 12.0 Å². The van der Waals surface area contributed by atoms with Crippen LogP contribution in [0.4, 0.5) is 10.1 Å². The van der Waals surface area contributed by atoms with Crippen LogP contribution in [-0.2, 0) is 6.54 Å². The van der Waals surface area contributed by atoms with Gasteiger partial charge in [0.25, 0.3) is 0 Å². The molecule has 0 saturated carbocycles. The van der Waals surface area contributed by atoms with Gasteiger partial charge in [0.05, 0.1) is 5.69 Å². The number of hydrogen-bond donors (Lipinski definition) is 1. The Balaban J connectivity index is 2.88. The second-order valence-electron chi connectivity index (χ2n) is 6.05. The Kier molecular flexibility index (Phi) is 5.36. The standard InChI is InChI=1S/C16H27FN2/c1-7-16(4,5)19(6)15-9-8-13(10-14(15)17)11-18-12(2)3/h8-10,12,18H,7,11H2,1-6H3. The van der Waals surface area contributed by atoms with Crippen LogP contribution in [0, 0.1) is 5.82 Å². The summed E-state index contributed by atoms with van der Waals surface area (Å²) >= 11 is 0. The molecule has 1 N–H and O–H groups in total. The van der Waals surface area contributed by atoms with Crippen LogP contribution in [0.2, 0.25) is 0 Å². The maximum absolute atomic E-state index is 14.2. The van der Waals surface area contributed by atoms with Crippen molar-refractivity contribution in [1.29, 1.82) is 0 Å². The molecule has 1 aromatic rings. The number of nitrogens with one attached hydrogen (secondary N) is 1. The molecule has 0 amide bonds. The van der Waals surface area contributed by atoms with Gasteiger partial charge in [0.1, 0.15) is 5.82 Å². The van der Waals surface area contributed by atoms with Gasteiger partial charge in [0.15, 0.2) is 0 Å². The molecule has 0 aliphatic heterocycles. The Labute approximate surface area is 117 Å². The highest BCUT2D eigenvalue weighted by atomic mass is 19.1. The molecule has 0 unspecified atom stereocenters. The zero-order chi connectivity index (χ0) is 14.6. The van der Waals surface area contributed by atoms with Crippen LogP contribution in [0.5, 0.6) is 0 Å². The third kappa shape index (κ3) is 4.20. The number of nitrogens with zero attached hydrogens (tertiary/aromatic N) is 1. The first kappa shape index (κ1) is 16.0. The van der Waals surface area contributed by atoms with Gasteiger partial charge in [-0.1, -0.05) is 26.8 Å². The molecule has 0 fully saturated rings.